The molecule has 122 valence electrons. The zero-order valence-electron chi connectivity index (χ0n) is 14.8. The average molecular weight is 321 g/mol. The molecule has 0 N–H and O–H groups in total. The second kappa shape index (κ2) is 7.23. The number of benzene rings is 1. The van der Waals surface area contributed by atoms with E-state index in [1.165, 1.54) is 18.4 Å². The van der Waals surface area contributed by atoms with Gasteiger partial charge < -0.3 is 0 Å². The number of aryl methyl sites for hydroxylation is 3. The van der Waals surface area contributed by atoms with Crippen LogP contribution >= 0.6 is 8.03 Å². The highest BCUT2D eigenvalue weighted by Gasteiger charge is 2.39. The number of rotatable bonds is 4. The maximum absolute atomic E-state index is 12.9. The van der Waals surface area contributed by atoms with Crippen molar-refractivity contribution < 1.29 is 9.09 Å². The first kappa shape index (κ1) is 17.6. The van der Waals surface area contributed by atoms with Gasteiger partial charge in [0.2, 0.25) is 5.30 Å². The summed E-state index contributed by atoms with van der Waals surface area (Å²) in [4.78, 5) is 0. The Morgan fingerprint density at radius 2 is 1.73 bits per heavy atom. The van der Waals surface area contributed by atoms with Crippen molar-refractivity contribution >= 4 is 13.3 Å². The van der Waals surface area contributed by atoms with Crippen LogP contribution in [0, 0.1) is 38.5 Å². The van der Waals surface area contributed by atoms with Gasteiger partial charge in [-0.2, -0.15) is 0 Å². The van der Waals surface area contributed by atoms with Crippen LogP contribution in [0.2, 0.25) is 0 Å². The van der Waals surface area contributed by atoms with Crippen molar-refractivity contribution in [1.82, 2.24) is 0 Å². The minimum atomic E-state index is -1.77. The fourth-order valence-corrected chi connectivity index (χ4v) is 5.17. The van der Waals surface area contributed by atoms with Crippen LogP contribution in [0.4, 0.5) is 0 Å². The van der Waals surface area contributed by atoms with E-state index in [2.05, 4.69) is 39.8 Å². The molecular weight excluding hydrogens is 291 g/mol. The highest BCUT2D eigenvalue weighted by molar-refractivity contribution is 7.48. The van der Waals surface area contributed by atoms with Crippen LogP contribution in [0.5, 0.6) is 0 Å². The van der Waals surface area contributed by atoms with Gasteiger partial charge in [-0.25, -0.2) is 0 Å². The molecule has 1 aliphatic rings. The third-order valence-corrected chi connectivity index (χ3v) is 6.54. The summed E-state index contributed by atoms with van der Waals surface area (Å²) in [5.74, 6) is 1.78. The van der Waals surface area contributed by atoms with Crippen molar-refractivity contribution in [3.8, 4) is 0 Å². The standard InChI is InChI=1S/C19H30O2P/c1-12(2)17-8-7-13(3)11-18(17)21-22(20)19-15(5)9-14(4)10-16(19)6/h9-10,12-13,17-18H,7-8,11H2,1-6H3/q+1/t13-,17+,18-/m0/s1. The lowest BCUT2D eigenvalue weighted by Gasteiger charge is -2.33. The largest absolute Gasteiger partial charge is 0.549 e. The number of hydrogen-bond acceptors (Lipinski definition) is 2. The van der Waals surface area contributed by atoms with Crippen molar-refractivity contribution in [2.75, 3.05) is 0 Å². The van der Waals surface area contributed by atoms with Gasteiger partial charge in [-0.15, -0.1) is 4.52 Å². The van der Waals surface area contributed by atoms with Crippen molar-refractivity contribution in [2.24, 2.45) is 17.8 Å². The van der Waals surface area contributed by atoms with Crippen LogP contribution in [-0.4, -0.2) is 6.10 Å². The van der Waals surface area contributed by atoms with E-state index in [1.54, 1.807) is 0 Å². The molecule has 1 saturated carbocycles. The molecule has 0 bridgehead atoms. The van der Waals surface area contributed by atoms with Gasteiger partial charge in [0.15, 0.2) is 0 Å². The maximum atomic E-state index is 12.9. The SMILES string of the molecule is Cc1cc(C)c([P+](=O)O[C@H]2C[C@@H](C)CC[C@@H]2C(C)C)c(C)c1. The molecule has 0 aliphatic heterocycles. The van der Waals surface area contributed by atoms with Gasteiger partial charge in [0.25, 0.3) is 0 Å². The summed E-state index contributed by atoms with van der Waals surface area (Å²) in [5, 5.41) is 0.904. The van der Waals surface area contributed by atoms with E-state index in [0.29, 0.717) is 17.8 Å². The molecule has 1 aliphatic carbocycles. The highest BCUT2D eigenvalue weighted by atomic mass is 31.1. The zero-order chi connectivity index (χ0) is 16.4. The van der Waals surface area contributed by atoms with E-state index >= 15 is 0 Å². The summed E-state index contributed by atoms with van der Waals surface area (Å²) in [6, 6.07) is 4.20. The summed E-state index contributed by atoms with van der Waals surface area (Å²) in [6.07, 6.45) is 3.63. The van der Waals surface area contributed by atoms with E-state index in [4.69, 9.17) is 4.52 Å². The van der Waals surface area contributed by atoms with Gasteiger partial charge in [0.05, 0.1) is 0 Å². The predicted molar refractivity (Wildman–Crippen MR) is 94.1 cm³/mol. The van der Waals surface area contributed by atoms with Crippen LogP contribution < -0.4 is 5.30 Å². The smallest absolute Gasteiger partial charge is 0.138 e. The molecule has 1 aromatic rings. The summed E-state index contributed by atoms with van der Waals surface area (Å²) in [5.41, 5.74) is 3.39. The Morgan fingerprint density at radius 3 is 2.27 bits per heavy atom. The van der Waals surface area contributed by atoms with Gasteiger partial charge in [-0.3, -0.25) is 0 Å². The Kier molecular flexibility index (Phi) is 5.80. The third-order valence-electron chi connectivity index (χ3n) is 5.01. The first-order valence-corrected chi connectivity index (χ1v) is 9.69. The van der Waals surface area contributed by atoms with E-state index < -0.39 is 8.03 Å². The van der Waals surface area contributed by atoms with Crippen LogP contribution in [-0.2, 0) is 9.09 Å². The summed E-state index contributed by atoms with van der Waals surface area (Å²) in [7, 11) is -1.77. The lowest BCUT2D eigenvalue weighted by molar-refractivity contribution is 0.0538. The van der Waals surface area contributed by atoms with E-state index in [-0.39, 0.29) is 6.10 Å². The molecular formula is C19H30O2P+. The third kappa shape index (κ3) is 3.97. The molecule has 22 heavy (non-hydrogen) atoms. The number of hydrogen-bond donors (Lipinski definition) is 0. The summed E-state index contributed by atoms with van der Waals surface area (Å²) < 4.78 is 19.0. The van der Waals surface area contributed by atoms with Crippen LogP contribution in [0.3, 0.4) is 0 Å². The van der Waals surface area contributed by atoms with Crippen molar-refractivity contribution in [3.63, 3.8) is 0 Å². The Morgan fingerprint density at radius 1 is 1.14 bits per heavy atom. The summed E-state index contributed by atoms with van der Waals surface area (Å²) >= 11 is 0. The molecule has 0 amide bonds. The molecule has 0 spiro atoms. The van der Waals surface area contributed by atoms with Gasteiger partial charge in [-0.1, -0.05) is 44.9 Å². The first-order chi connectivity index (χ1) is 10.3. The average Bonchev–Trinajstić information content (AvgIpc) is 2.36. The second-order valence-corrected chi connectivity index (χ2v) is 8.65. The molecule has 1 unspecified atom stereocenters. The van der Waals surface area contributed by atoms with E-state index in [0.717, 1.165) is 22.9 Å². The molecule has 1 fully saturated rings. The predicted octanol–water partition coefficient (Wildman–Crippen LogP) is 5.46. The Hall–Kier alpha value is -0.720. The van der Waals surface area contributed by atoms with E-state index in [1.807, 2.05) is 13.8 Å². The van der Waals surface area contributed by atoms with E-state index in [9.17, 15) is 4.57 Å². The lowest BCUT2D eigenvalue weighted by atomic mass is 9.75. The maximum Gasteiger partial charge on any atom is 0.549 e. The zero-order valence-corrected chi connectivity index (χ0v) is 15.7. The van der Waals surface area contributed by atoms with Gasteiger partial charge in [0.1, 0.15) is 6.10 Å². The quantitative estimate of drug-likeness (QED) is 0.689. The Bertz CT molecular complexity index is 527. The second-order valence-electron chi connectivity index (χ2n) is 7.47. The van der Waals surface area contributed by atoms with Crippen LogP contribution in [0.15, 0.2) is 12.1 Å². The molecule has 0 aromatic heterocycles. The molecule has 3 heteroatoms. The summed E-state index contributed by atoms with van der Waals surface area (Å²) in [6.45, 7) is 12.9. The van der Waals surface area contributed by atoms with Gasteiger partial charge >= 0.3 is 8.03 Å². The fraction of sp³-hybridized carbons (Fsp3) is 0.684. The van der Waals surface area contributed by atoms with Crippen molar-refractivity contribution in [1.29, 1.82) is 0 Å². The molecule has 4 atom stereocenters. The monoisotopic (exact) mass is 321 g/mol. The molecule has 0 heterocycles. The minimum absolute atomic E-state index is 0.132. The highest BCUT2D eigenvalue weighted by Crippen LogP contribution is 2.40. The first-order valence-electron chi connectivity index (χ1n) is 8.51. The molecule has 2 rings (SSSR count). The van der Waals surface area contributed by atoms with Gasteiger partial charge in [0, 0.05) is 11.1 Å². The molecule has 0 saturated heterocycles. The van der Waals surface area contributed by atoms with Crippen molar-refractivity contribution in [2.45, 2.75) is 66.9 Å². The molecule has 2 nitrogen and oxygen atoms in total. The fourth-order valence-electron chi connectivity index (χ4n) is 3.87. The Labute approximate surface area is 136 Å². The van der Waals surface area contributed by atoms with Gasteiger partial charge in [-0.05, 0) is 55.9 Å². The normalized spacial score (nSPS) is 26.3. The minimum Gasteiger partial charge on any atom is -0.138 e. The van der Waals surface area contributed by atoms with Crippen LogP contribution in [0.1, 0.15) is 56.7 Å². The Balaban J connectivity index is 2.20. The topological polar surface area (TPSA) is 26.3 Å². The van der Waals surface area contributed by atoms with Crippen molar-refractivity contribution in [3.05, 3.63) is 28.8 Å². The lowest BCUT2D eigenvalue weighted by Crippen LogP contribution is -2.33. The molecule has 1 aromatic carbocycles. The van der Waals surface area contributed by atoms with Crippen LogP contribution in [0.25, 0.3) is 0 Å². The molecule has 0 radical (unpaired) electrons.